The summed E-state index contributed by atoms with van der Waals surface area (Å²) < 4.78 is 10.8. The predicted octanol–water partition coefficient (Wildman–Crippen LogP) is 3.61. The van der Waals surface area contributed by atoms with Gasteiger partial charge in [0.05, 0.1) is 25.7 Å². The number of rotatable bonds is 8. The number of hydrogen-bond donors (Lipinski definition) is 1. The van der Waals surface area contributed by atoms with E-state index in [9.17, 15) is 0 Å². The molecule has 0 aliphatic carbocycles. The van der Waals surface area contributed by atoms with Crippen LogP contribution in [0.5, 0.6) is 0 Å². The second-order valence-electron chi connectivity index (χ2n) is 5.88. The molecule has 3 nitrogen and oxygen atoms in total. The first-order valence-electron chi connectivity index (χ1n) is 6.99. The van der Waals surface area contributed by atoms with E-state index in [-0.39, 0.29) is 5.41 Å². The van der Waals surface area contributed by atoms with Gasteiger partial charge in [-0.15, -0.1) is 0 Å². The van der Waals surface area contributed by atoms with Crippen LogP contribution in [0, 0.1) is 5.41 Å². The molecule has 3 heteroatoms. The maximum absolute atomic E-state index is 5.75. The highest BCUT2D eigenvalue weighted by Gasteiger charge is 2.17. The fourth-order valence-electron chi connectivity index (χ4n) is 2.01. The lowest BCUT2D eigenvalue weighted by Gasteiger charge is -2.24. The van der Waals surface area contributed by atoms with Gasteiger partial charge in [0.15, 0.2) is 0 Å². The van der Waals surface area contributed by atoms with Gasteiger partial charge in [-0.1, -0.05) is 44.2 Å². The van der Waals surface area contributed by atoms with E-state index in [0.717, 1.165) is 25.3 Å². The summed E-state index contributed by atoms with van der Waals surface area (Å²) in [7, 11) is 0. The number of hydrogen-bond acceptors (Lipinski definition) is 3. The maximum atomic E-state index is 5.75. The van der Waals surface area contributed by atoms with Crippen molar-refractivity contribution in [3.05, 3.63) is 60.1 Å². The largest absolute Gasteiger partial charge is 0.472 e. The van der Waals surface area contributed by atoms with E-state index in [0.29, 0.717) is 6.61 Å². The summed E-state index contributed by atoms with van der Waals surface area (Å²) in [6.07, 6.45) is 3.39. The minimum absolute atomic E-state index is 0.110. The first-order valence-corrected chi connectivity index (χ1v) is 6.99. The minimum Gasteiger partial charge on any atom is -0.472 e. The van der Waals surface area contributed by atoms with Gasteiger partial charge in [0, 0.05) is 24.1 Å². The van der Waals surface area contributed by atoms with Gasteiger partial charge in [0.25, 0.3) is 0 Å². The Morgan fingerprint density at radius 1 is 1.10 bits per heavy atom. The molecule has 2 rings (SSSR count). The number of nitrogens with one attached hydrogen (secondary N) is 1. The van der Waals surface area contributed by atoms with Crippen LogP contribution in [0.1, 0.15) is 25.0 Å². The standard InChI is InChI=1S/C17H23NO2/c1-17(2,14-20-12-16-8-9-19-11-16)13-18-10-15-6-4-3-5-7-15/h3-9,11,18H,10,12-14H2,1-2H3. The molecule has 0 fully saturated rings. The van der Waals surface area contributed by atoms with E-state index in [2.05, 4.69) is 43.4 Å². The predicted molar refractivity (Wildman–Crippen MR) is 80.3 cm³/mol. The van der Waals surface area contributed by atoms with Crippen molar-refractivity contribution in [3.8, 4) is 0 Å². The lowest BCUT2D eigenvalue weighted by molar-refractivity contribution is 0.0509. The Kier molecular flexibility index (Phi) is 5.39. The van der Waals surface area contributed by atoms with Crippen LogP contribution in [0.25, 0.3) is 0 Å². The quantitative estimate of drug-likeness (QED) is 0.798. The van der Waals surface area contributed by atoms with Gasteiger partial charge < -0.3 is 14.5 Å². The second kappa shape index (κ2) is 7.27. The molecule has 0 aliphatic rings. The molecule has 0 spiro atoms. The third kappa shape index (κ3) is 5.19. The van der Waals surface area contributed by atoms with E-state index in [4.69, 9.17) is 9.15 Å². The Hall–Kier alpha value is -1.58. The Morgan fingerprint density at radius 2 is 1.90 bits per heavy atom. The molecule has 0 aliphatic heterocycles. The monoisotopic (exact) mass is 273 g/mol. The van der Waals surface area contributed by atoms with Gasteiger partial charge in [0.2, 0.25) is 0 Å². The van der Waals surface area contributed by atoms with Crippen LogP contribution in [0.3, 0.4) is 0 Å². The zero-order valence-corrected chi connectivity index (χ0v) is 12.3. The molecule has 0 radical (unpaired) electrons. The summed E-state index contributed by atoms with van der Waals surface area (Å²) in [6, 6.07) is 12.4. The average molecular weight is 273 g/mol. The lowest BCUT2D eigenvalue weighted by atomic mass is 9.95. The summed E-state index contributed by atoms with van der Waals surface area (Å²) in [5, 5.41) is 3.49. The molecule has 1 heterocycles. The third-order valence-corrected chi connectivity index (χ3v) is 3.12. The SMILES string of the molecule is CC(C)(CNCc1ccccc1)COCc1ccoc1. The second-order valence-corrected chi connectivity index (χ2v) is 5.88. The molecule has 2 aromatic rings. The highest BCUT2D eigenvalue weighted by atomic mass is 16.5. The molecule has 0 bridgehead atoms. The molecule has 1 aromatic heterocycles. The molecule has 0 saturated carbocycles. The summed E-state index contributed by atoms with van der Waals surface area (Å²) in [4.78, 5) is 0. The zero-order valence-electron chi connectivity index (χ0n) is 12.3. The van der Waals surface area contributed by atoms with Crippen LogP contribution < -0.4 is 5.32 Å². The van der Waals surface area contributed by atoms with Gasteiger partial charge in [0.1, 0.15) is 0 Å². The van der Waals surface area contributed by atoms with Crippen LogP contribution in [-0.2, 0) is 17.9 Å². The molecule has 1 N–H and O–H groups in total. The van der Waals surface area contributed by atoms with Crippen molar-refractivity contribution in [3.63, 3.8) is 0 Å². The number of furan rings is 1. The van der Waals surface area contributed by atoms with Crippen LogP contribution >= 0.6 is 0 Å². The van der Waals surface area contributed by atoms with Crippen molar-refractivity contribution in [2.24, 2.45) is 5.41 Å². The Morgan fingerprint density at radius 3 is 2.60 bits per heavy atom. The molecule has 0 unspecified atom stereocenters. The van der Waals surface area contributed by atoms with E-state index in [1.54, 1.807) is 12.5 Å². The first-order chi connectivity index (χ1) is 9.66. The lowest BCUT2D eigenvalue weighted by Crippen LogP contribution is -2.32. The topological polar surface area (TPSA) is 34.4 Å². The normalized spacial score (nSPS) is 11.7. The Balaban J connectivity index is 1.65. The smallest absolute Gasteiger partial charge is 0.0957 e. The van der Waals surface area contributed by atoms with Gasteiger partial charge in [-0.25, -0.2) is 0 Å². The van der Waals surface area contributed by atoms with Crippen molar-refractivity contribution in [2.75, 3.05) is 13.2 Å². The highest BCUT2D eigenvalue weighted by Crippen LogP contribution is 2.15. The zero-order chi connectivity index (χ0) is 14.3. The molecule has 0 atom stereocenters. The minimum atomic E-state index is 0.110. The van der Waals surface area contributed by atoms with Crippen LogP contribution in [0.2, 0.25) is 0 Å². The number of ether oxygens (including phenoxy) is 1. The van der Waals surface area contributed by atoms with Gasteiger partial charge in [-0.3, -0.25) is 0 Å². The summed E-state index contributed by atoms with van der Waals surface area (Å²) in [5.41, 5.74) is 2.50. The molecule has 20 heavy (non-hydrogen) atoms. The molecular weight excluding hydrogens is 250 g/mol. The van der Waals surface area contributed by atoms with Crippen LogP contribution in [-0.4, -0.2) is 13.2 Å². The van der Waals surface area contributed by atoms with Crippen LogP contribution in [0.15, 0.2) is 53.3 Å². The number of benzene rings is 1. The molecule has 1 aromatic carbocycles. The summed E-state index contributed by atoms with van der Waals surface area (Å²) in [5.74, 6) is 0. The van der Waals surface area contributed by atoms with Crippen molar-refractivity contribution in [1.82, 2.24) is 5.32 Å². The van der Waals surface area contributed by atoms with Gasteiger partial charge in [-0.05, 0) is 11.6 Å². The first kappa shape index (κ1) is 14.8. The van der Waals surface area contributed by atoms with Gasteiger partial charge in [-0.2, -0.15) is 0 Å². The summed E-state index contributed by atoms with van der Waals surface area (Å²) >= 11 is 0. The van der Waals surface area contributed by atoms with Crippen molar-refractivity contribution < 1.29 is 9.15 Å². The third-order valence-electron chi connectivity index (χ3n) is 3.12. The molecule has 108 valence electrons. The van der Waals surface area contributed by atoms with Gasteiger partial charge >= 0.3 is 0 Å². The summed E-state index contributed by atoms with van der Waals surface area (Å²) in [6.45, 7) is 7.57. The van der Waals surface area contributed by atoms with Crippen molar-refractivity contribution >= 4 is 0 Å². The Bertz CT molecular complexity index is 477. The molecule has 0 saturated heterocycles. The van der Waals surface area contributed by atoms with E-state index in [1.807, 2.05) is 12.1 Å². The van der Waals surface area contributed by atoms with E-state index < -0.39 is 0 Å². The fraction of sp³-hybridized carbons (Fsp3) is 0.412. The molecular formula is C17H23NO2. The van der Waals surface area contributed by atoms with E-state index in [1.165, 1.54) is 5.56 Å². The maximum Gasteiger partial charge on any atom is 0.0957 e. The molecule has 0 amide bonds. The van der Waals surface area contributed by atoms with Crippen LogP contribution in [0.4, 0.5) is 0 Å². The fourth-order valence-corrected chi connectivity index (χ4v) is 2.01. The van der Waals surface area contributed by atoms with Crippen molar-refractivity contribution in [1.29, 1.82) is 0 Å². The highest BCUT2D eigenvalue weighted by molar-refractivity contribution is 5.14. The van der Waals surface area contributed by atoms with E-state index >= 15 is 0 Å². The Labute approximate surface area is 121 Å². The van der Waals surface area contributed by atoms with Crippen molar-refractivity contribution in [2.45, 2.75) is 27.0 Å². The average Bonchev–Trinajstić information content (AvgIpc) is 2.93.